The highest BCUT2D eigenvalue weighted by atomic mass is 32.1. The van der Waals surface area contributed by atoms with Crippen molar-refractivity contribution < 1.29 is 18.3 Å². The number of hydrogen-bond acceptors (Lipinski definition) is 6. The number of anilines is 2. The minimum atomic E-state index is -0.540. The summed E-state index contributed by atoms with van der Waals surface area (Å²) in [5.74, 6) is 0.467. The van der Waals surface area contributed by atoms with Crippen molar-refractivity contribution in [2.75, 3.05) is 19.0 Å². The molecule has 8 heteroatoms. The second-order valence-electron chi connectivity index (χ2n) is 5.79. The lowest BCUT2D eigenvalue weighted by Crippen LogP contribution is -2.04. The molecule has 142 valence electrons. The SMILES string of the molecule is COc1cnc(Nc2nc(C)cs2)cc1OCCCc1c(F)cccc1F. The second kappa shape index (κ2) is 8.77. The van der Waals surface area contributed by atoms with Crippen molar-refractivity contribution in [3.63, 3.8) is 0 Å². The number of halogens is 2. The molecule has 2 heterocycles. The number of ether oxygens (including phenoxy) is 2. The number of thiazole rings is 1. The quantitative estimate of drug-likeness (QED) is 0.554. The maximum atomic E-state index is 13.7. The fourth-order valence-electron chi connectivity index (χ4n) is 2.48. The first-order valence-electron chi connectivity index (χ1n) is 8.35. The number of hydrogen-bond donors (Lipinski definition) is 1. The number of pyridine rings is 1. The summed E-state index contributed by atoms with van der Waals surface area (Å²) in [7, 11) is 1.52. The zero-order chi connectivity index (χ0) is 19.2. The van der Waals surface area contributed by atoms with Gasteiger partial charge in [-0.05, 0) is 31.9 Å². The summed E-state index contributed by atoms with van der Waals surface area (Å²) >= 11 is 1.48. The zero-order valence-electron chi connectivity index (χ0n) is 15.0. The van der Waals surface area contributed by atoms with E-state index in [9.17, 15) is 8.78 Å². The van der Waals surface area contributed by atoms with Gasteiger partial charge in [0.25, 0.3) is 0 Å². The van der Waals surface area contributed by atoms with Gasteiger partial charge in [-0.3, -0.25) is 0 Å². The van der Waals surface area contributed by atoms with E-state index in [0.29, 0.717) is 23.7 Å². The van der Waals surface area contributed by atoms with Gasteiger partial charge in [-0.2, -0.15) is 0 Å². The maximum Gasteiger partial charge on any atom is 0.188 e. The van der Waals surface area contributed by atoms with Gasteiger partial charge in [0.05, 0.1) is 25.6 Å². The van der Waals surface area contributed by atoms with Crippen molar-refractivity contribution in [2.24, 2.45) is 0 Å². The summed E-state index contributed by atoms with van der Waals surface area (Å²) in [5, 5.41) is 5.77. The van der Waals surface area contributed by atoms with Crippen molar-refractivity contribution in [3.8, 4) is 11.5 Å². The van der Waals surface area contributed by atoms with Crippen LogP contribution in [0.2, 0.25) is 0 Å². The minimum Gasteiger partial charge on any atom is -0.491 e. The van der Waals surface area contributed by atoms with Gasteiger partial charge in [-0.1, -0.05) is 6.07 Å². The molecular formula is C19H19F2N3O2S. The molecule has 0 saturated carbocycles. The van der Waals surface area contributed by atoms with Crippen LogP contribution in [-0.2, 0) is 6.42 Å². The molecule has 2 aromatic heterocycles. The standard InChI is InChI=1S/C19H19F2N3O2S/c1-12-11-27-19(23-12)24-18-9-16(17(25-2)10-22-18)26-8-4-5-13-14(20)6-3-7-15(13)21/h3,6-7,9-11H,4-5,8H2,1-2H3,(H,22,23,24). The fraction of sp³-hybridized carbons (Fsp3) is 0.263. The number of nitrogens with zero attached hydrogens (tertiary/aromatic N) is 2. The third kappa shape index (κ3) is 4.91. The van der Waals surface area contributed by atoms with Gasteiger partial charge in [-0.25, -0.2) is 18.7 Å². The molecule has 0 bridgehead atoms. The first-order chi connectivity index (χ1) is 13.1. The van der Waals surface area contributed by atoms with E-state index in [1.165, 1.54) is 36.6 Å². The highest BCUT2D eigenvalue weighted by molar-refractivity contribution is 7.13. The molecule has 0 spiro atoms. The Morgan fingerprint density at radius 2 is 1.96 bits per heavy atom. The van der Waals surface area contributed by atoms with Crippen LogP contribution < -0.4 is 14.8 Å². The Hall–Kier alpha value is -2.74. The average Bonchev–Trinajstić information content (AvgIpc) is 3.05. The Labute approximate surface area is 160 Å². The molecule has 3 rings (SSSR count). The number of benzene rings is 1. The van der Waals surface area contributed by atoms with Crippen LogP contribution in [0.5, 0.6) is 11.5 Å². The molecule has 0 unspecified atom stereocenters. The smallest absolute Gasteiger partial charge is 0.188 e. The normalized spacial score (nSPS) is 10.7. The van der Waals surface area contributed by atoms with Gasteiger partial charge in [-0.15, -0.1) is 11.3 Å². The van der Waals surface area contributed by atoms with Gasteiger partial charge < -0.3 is 14.8 Å². The van der Waals surface area contributed by atoms with E-state index < -0.39 is 11.6 Å². The first-order valence-corrected chi connectivity index (χ1v) is 9.23. The van der Waals surface area contributed by atoms with E-state index in [4.69, 9.17) is 9.47 Å². The Bertz CT molecular complexity index is 897. The van der Waals surface area contributed by atoms with E-state index in [-0.39, 0.29) is 18.6 Å². The molecule has 0 amide bonds. The molecule has 5 nitrogen and oxygen atoms in total. The number of aryl methyl sites for hydroxylation is 1. The topological polar surface area (TPSA) is 56.3 Å². The Balaban J connectivity index is 1.62. The highest BCUT2D eigenvalue weighted by Gasteiger charge is 2.11. The molecule has 0 aliphatic rings. The largest absolute Gasteiger partial charge is 0.491 e. The molecule has 0 aliphatic carbocycles. The van der Waals surface area contributed by atoms with Crippen LogP contribution in [0.25, 0.3) is 0 Å². The summed E-state index contributed by atoms with van der Waals surface area (Å²) < 4.78 is 38.3. The lowest BCUT2D eigenvalue weighted by Gasteiger charge is -2.12. The van der Waals surface area contributed by atoms with E-state index in [1.54, 1.807) is 12.3 Å². The van der Waals surface area contributed by atoms with Crippen LogP contribution >= 0.6 is 11.3 Å². The van der Waals surface area contributed by atoms with Gasteiger partial charge in [0.15, 0.2) is 16.6 Å². The molecular weight excluding hydrogens is 372 g/mol. The van der Waals surface area contributed by atoms with E-state index in [0.717, 1.165) is 10.8 Å². The van der Waals surface area contributed by atoms with Gasteiger partial charge in [0.2, 0.25) is 0 Å². The van der Waals surface area contributed by atoms with Gasteiger partial charge >= 0.3 is 0 Å². The van der Waals surface area contributed by atoms with Gasteiger partial charge in [0.1, 0.15) is 17.5 Å². The molecule has 1 N–H and O–H groups in total. The van der Waals surface area contributed by atoms with Crippen LogP contribution in [0.15, 0.2) is 35.8 Å². The van der Waals surface area contributed by atoms with Crippen molar-refractivity contribution in [1.82, 2.24) is 9.97 Å². The summed E-state index contributed by atoms with van der Waals surface area (Å²) in [6, 6.07) is 5.57. The van der Waals surface area contributed by atoms with Crippen LogP contribution in [0.4, 0.5) is 19.7 Å². The van der Waals surface area contributed by atoms with Crippen molar-refractivity contribution in [3.05, 3.63) is 58.7 Å². The Kier molecular flexibility index (Phi) is 6.18. The van der Waals surface area contributed by atoms with Gasteiger partial charge in [0, 0.05) is 17.0 Å². The monoisotopic (exact) mass is 391 g/mol. The number of methoxy groups -OCH3 is 1. The van der Waals surface area contributed by atoms with Crippen molar-refractivity contribution in [1.29, 1.82) is 0 Å². The van der Waals surface area contributed by atoms with E-state index in [2.05, 4.69) is 15.3 Å². The third-order valence-corrected chi connectivity index (χ3v) is 4.67. The first kappa shape index (κ1) is 19.0. The summed E-state index contributed by atoms with van der Waals surface area (Å²) in [4.78, 5) is 8.59. The molecule has 0 saturated heterocycles. The van der Waals surface area contributed by atoms with E-state index >= 15 is 0 Å². The lowest BCUT2D eigenvalue weighted by atomic mass is 10.1. The summed E-state index contributed by atoms with van der Waals surface area (Å²) in [6.45, 7) is 2.19. The predicted molar refractivity (Wildman–Crippen MR) is 101 cm³/mol. The summed E-state index contributed by atoms with van der Waals surface area (Å²) in [5.41, 5.74) is 0.997. The zero-order valence-corrected chi connectivity index (χ0v) is 15.8. The molecule has 0 fully saturated rings. The second-order valence-corrected chi connectivity index (χ2v) is 6.65. The highest BCUT2D eigenvalue weighted by Crippen LogP contribution is 2.30. The Morgan fingerprint density at radius 3 is 2.63 bits per heavy atom. The van der Waals surface area contributed by atoms with Crippen LogP contribution in [-0.4, -0.2) is 23.7 Å². The minimum absolute atomic E-state index is 0.0734. The molecule has 3 aromatic rings. The molecule has 27 heavy (non-hydrogen) atoms. The molecule has 0 aliphatic heterocycles. The van der Waals surface area contributed by atoms with Crippen LogP contribution in [0.3, 0.4) is 0 Å². The number of nitrogens with one attached hydrogen (secondary N) is 1. The predicted octanol–water partition coefficient (Wildman–Crippen LogP) is 4.89. The summed E-state index contributed by atoms with van der Waals surface area (Å²) in [6.07, 6.45) is 2.25. The maximum absolute atomic E-state index is 13.7. The average molecular weight is 391 g/mol. The van der Waals surface area contributed by atoms with E-state index in [1.807, 2.05) is 12.3 Å². The Morgan fingerprint density at radius 1 is 1.19 bits per heavy atom. The van der Waals surface area contributed by atoms with Crippen molar-refractivity contribution >= 4 is 22.3 Å². The lowest BCUT2D eigenvalue weighted by molar-refractivity contribution is 0.288. The van der Waals surface area contributed by atoms with Crippen molar-refractivity contribution in [2.45, 2.75) is 19.8 Å². The van der Waals surface area contributed by atoms with Crippen LogP contribution in [0.1, 0.15) is 17.7 Å². The number of aromatic nitrogens is 2. The molecule has 1 aromatic carbocycles. The fourth-order valence-corrected chi connectivity index (χ4v) is 3.18. The third-order valence-electron chi connectivity index (χ3n) is 3.80. The van der Waals surface area contributed by atoms with Crippen LogP contribution in [0, 0.1) is 18.6 Å². The number of rotatable bonds is 8. The molecule has 0 radical (unpaired) electrons. The molecule has 0 atom stereocenters.